The molecule has 2 atom stereocenters. The third kappa shape index (κ3) is 2.23. The number of carbonyl (C=O) groups is 1. The van der Waals surface area contributed by atoms with Gasteiger partial charge in [-0.05, 0) is 42.9 Å². The number of fused-ring (bicyclic) bond motifs is 1. The summed E-state index contributed by atoms with van der Waals surface area (Å²) in [5, 5.41) is 2.65. The number of amides is 1. The summed E-state index contributed by atoms with van der Waals surface area (Å²) in [6.45, 7) is 0. The Morgan fingerprint density at radius 3 is 2.45 bits per heavy atom. The van der Waals surface area contributed by atoms with Crippen LogP contribution >= 0.6 is 0 Å². The van der Waals surface area contributed by atoms with Gasteiger partial charge in [0, 0.05) is 5.92 Å². The van der Waals surface area contributed by atoms with E-state index in [1.807, 2.05) is 0 Å². The molecule has 0 aromatic heterocycles. The zero-order valence-corrected chi connectivity index (χ0v) is 10.7. The highest BCUT2D eigenvalue weighted by Crippen LogP contribution is 2.57. The smallest absolute Gasteiger partial charge is 0.397 e. The van der Waals surface area contributed by atoms with Gasteiger partial charge in [-0.1, -0.05) is 6.42 Å². The van der Waals surface area contributed by atoms with Crippen molar-refractivity contribution in [3.8, 4) is 0 Å². The first kappa shape index (κ1) is 13.3. The highest BCUT2D eigenvalue weighted by molar-refractivity contribution is 5.97. The summed E-state index contributed by atoms with van der Waals surface area (Å²) >= 11 is 0. The van der Waals surface area contributed by atoms with E-state index in [-0.39, 0.29) is 23.2 Å². The number of nitrogens with two attached hydrogens (primary N) is 1. The lowest BCUT2D eigenvalue weighted by Gasteiger charge is -2.12. The molecule has 3 N–H and O–H groups in total. The molecule has 0 saturated heterocycles. The average Bonchev–Trinajstić information content (AvgIpc) is 2.84. The molecule has 108 valence electrons. The molecule has 1 aromatic rings. The van der Waals surface area contributed by atoms with E-state index in [0.717, 1.165) is 25.0 Å². The third-order valence-electron chi connectivity index (χ3n) is 4.35. The second-order valence-electron chi connectivity index (χ2n) is 5.57. The van der Waals surface area contributed by atoms with Gasteiger partial charge >= 0.3 is 6.18 Å². The monoisotopic (exact) mass is 284 g/mol. The molecule has 2 aliphatic carbocycles. The van der Waals surface area contributed by atoms with E-state index in [0.29, 0.717) is 11.8 Å². The van der Waals surface area contributed by atoms with Gasteiger partial charge in [0.15, 0.2) is 0 Å². The van der Waals surface area contributed by atoms with E-state index >= 15 is 0 Å². The van der Waals surface area contributed by atoms with Crippen molar-refractivity contribution in [2.75, 3.05) is 11.1 Å². The first-order valence-corrected chi connectivity index (χ1v) is 6.65. The third-order valence-corrected chi connectivity index (χ3v) is 4.35. The number of benzene rings is 1. The number of hydrogen-bond donors (Lipinski definition) is 2. The Labute approximate surface area is 114 Å². The molecule has 0 heterocycles. The highest BCUT2D eigenvalue weighted by atomic mass is 19.4. The van der Waals surface area contributed by atoms with Crippen LogP contribution in [0.25, 0.3) is 0 Å². The Balaban J connectivity index is 1.70. The van der Waals surface area contributed by atoms with E-state index in [1.54, 1.807) is 0 Å². The molecule has 0 radical (unpaired) electrons. The molecule has 1 amide bonds. The van der Waals surface area contributed by atoms with Crippen LogP contribution in [-0.2, 0) is 11.0 Å². The topological polar surface area (TPSA) is 55.1 Å². The van der Waals surface area contributed by atoms with Crippen LogP contribution in [0.4, 0.5) is 24.5 Å². The van der Waals surface area contributed by atoms with Gasteiger partial charge in [0.05, 0.1) is 16.9 Å². The Hall–Kier alpha value is -1.72. The summed E-state index contributed by atoms with van der Waals surface area (Å²) in [6.07, 6.45) is -1.11. The van der Waals surface area contributed by atoms with E-state index in [2.05, 4.69) is 5.32 Å². The second-order valence-corrected chi connectivity index (χ2v) is 5.57. The lowest BCUT2D eigenvalue weighted by Crippen LogP contribution is -2.18. The van der Waals surface area contributed by atoms with Crippen molar-refractivity contribution in [1.29, 1.82) is 0 Å². The summed E-state index contributed by atoms with van der Waals surface area (Å²) in [7, 11) is 0. The molecule has 3 rings (SSSR count). The van der Waals surface area contributed by atoms with Gasteiger partial charge in [0.25, 0.3) is 0 Å². The first-order valence-electron chi connectivity index (χ1n) is 6.65. The maximum absolute atomic E-state index is 12.5. The zero-order chi connectivity index (χ0) is 14.5. The molecule has 2 saturated carbocycles. The van der Waals surface area contributed by atoms with Gasteiger partial charge < -0.3 is 11.1 Å². The normalized spacial score (nSPS) is 28.1. The number of nitrogen functional groups attached to an aromatic ring is 1. The quantitative estimate of drug-likeness (QED) is 0.819. The van der Waals surface area contributed by atoms with Crippen LogP contribution in [0.1, 0.15) is 24.8 Å². The van der Waals surface area contributed by atoms with E-state index in [4.69, 9.17) is 5.73 Å². The van der Waals surface area contributed by atoms with Crippen LogP contribution in [0.3, 0.4) is 0 Å². The van der Waals surface area contributed by atoms with Crippen LogP contribution in [0.15, 0.2) is 18.2 Å². The van der Waals surface area contributed by atoms with Crippen LogP contribution in [-0.4, -0.2) is 5.91 Å². The Kier molecular flexibility index (Phi) is 2.92. The Morgan fingerprint density at radius 1 is 1.25 bits per heavy atom. The minimum atomic E-state index is -4.43. The van der Waals surface area contributed by atoms with E-state index in [9.17, 15) is 18.0 Å². The summed E-state index contributed by atoms with van der Waals surface area (Å²) < 4.78 is 37.5. The summed E-state index contributed by atoms with van der Waals surface area (Å²) in [6, 6.07) is 3.00. The molecule has 2 unspecified atom stereocenters. The molecule has 2 fully saturated rings. The van der Waals surface area contributed by atoms with E-state index < -0.39 is 11.7 Å². The molecule has 3 nitrogen and oxygen atoms in total. The molecule has 20 heavy (non-hydrogen) atoms. The number of halogens is 3. The van der Waals surface area contributed by atoms with Crippen LogP contribution in [0, 0.1) is 17.8 Å². The number of rotatable bonds is 2. The van der Waals surface area contributed by atoms with Crippen LogP contribution < -0.4 is 11.1 Å². The summed E-state index contributed by atoms with van der Waals surface area (Å²) in [5.41, 5.74) is 4.98. The SMILES string of the molecule is Nc1cc(C(F)(F)F)ccc1NC(=O)C1C2CCCC21. The van der Waals surface area contributed by atoms with Gasteiger partial charge in [0.1, 0.15) is 0 Å². The first-order chi connectivity index (χ1) is 9.38. The standard InChI is InChI=1S/C14H15F3N2O/c15-14(16,17)7-4-5-11(10(18)6-7)19-13(20)12-8-2-1-3-9(8)12/h4-6,8-9,12H,1-3,18H2,(H,19,20). The van der Waals surface area contributed by atoms with E-state index in [1.165, 1.54) is 12.5 Å². The number of nitrogens with one attached hydrogen (secondary N) is 1. The Morgan fingerprint density at radius 2 is 1.90 bits per heavy atom. The fraction of sp³-hybridized carbons (Fsp3) is 0.500. The van der Waals surface area contributed by atoms with Crippen LogP contribution in [0.5, 0.6) is 0 Å². The van der Waals surface area contributed by atoms with Crippen molar-refractivity contribution < 1.29 is 18.0 Å². The molecular weight excluding hydrogens is 269 g/mol. The molecule has 2 aliphatic rings. The maximum atomic E-state index is 12.5. The molecular formula is C14H15F3N2O. The Bertz CT molecular complexity index is 546. The fourth-order valence-electron chi connectivity index (χ4n) is 3.28. The average molecular weight is 284 g/mol. The predicted octanol–water partition coefficient (Wildman–Crippen LogP) is 3.27. The minimum Gasteiger partial charge on any atom is -0.397 e. The number of anilines is 2. The van der Waals surface area contributed by atoms with Crippen molar-refractivity contribution in [2.24, 2.45) is 17.8 Å². The number of hydrogen-bond acceptors (Lipinski definition) is 2. The molecule has 6 heteroatoms. The van der Waals surface area contributed by atoms with Crippen molar-refractivity contribution in [3.63, 3.8) is 0 Å². The number of carbonyl (C=O) groups excluding carboxylic acids is 1. The van der Waals surface area contributed by atoms with Crippen molar-refractivity contribution in [1.82, 2.24) is 0 Å². The van der Waals surface area contributed by atoms with Crippen molar-refractivity contribution >= 4 is 17.3 Å². The van der Waals surface area contributed by atoms with Gasteiger partial charge in [-0.3, -0.25) is 4.79 Å². The summed E-state index contributed by atoms with van der Waals surface area (Å²) in [4.78, 5) is 12.0. The largest absolute Gasteiger partial charge is 0.416 e. The number of alkyl halides is 3. The molecule has 0 spiro atoms. The van der Waals surface area contributed by atoms with Gasteiger partial charge in [-0.25, -0.2) is 0 Å². The minimum absolute atomic E-state index is 0.0189. The van der Waals surface area contributed by atoms with Crippen molar-refractivity contribution in [3.05, 3.63) is 23.8 Å². The molecule has 0 aliphatic heterocycles. The second kappa shape index (κ2) is 4.40. The highest BCUT2D eigenvalue weighted by Gasteiger charge is 2.56. The van der Waals surface area contributed by atoms with Gasteiger partial charge in [-0.2, -0.15) is 13.2 Å². The zero-order valence-electron chi connectivity index (χ0n) is 10.7. The fourth-order valence-corrected chi connectivity index (χ4v) is 3.28. The van der Waals surface area contributed by atoms with Gasteiger partial charge in [0.2, 0.25) is 5.91 Å². The van der Waals surface area contributed by atoms with Gasteiger partial charge in [-0.15, -0.1) is 0 Å². The molecule has 1 aromatic carbocycles. The predicted molar refractivity (Wildman–Crippen MR) is 68.8 cm³/mol. The lowest BCUT2D eigenvalue weighted by atomic mass is 10.1. The molecule has 0 bridgehead atoms. The summed E-state index contributed by atoms with van der Waals surface area (Å²) in [5.74, 6) is 0.827. The maximum Gasteiger partial charge on any atom is 0.416 e. The van der Waals surface area contributed by atoms with Crippen molar-refractivity contribution in [2.45, 2.75) is 25.4 Å². The van der Waals surface area contributed by atoms with Crippen LogP contribution in [0.2, 0.25) is 0 Å². The lowest BCUT2D eigenvalue weighted by molar-refractivity contribution is -0.137.